The summed E-state index contributed by atoms with van der Waals surface area (Å²) in [5, 5.41) is 0. The molecule has 0 radical (unpaired) electrons. The van der Waals surface area contributed by atoms with Crippen molar-refractivity contribution in [2.24, 2.45) is 0 Å². The zero-order valence-corrected chi connectivity index (χ0v) is 12.3. The Morgan fingerprint density at radius 3 is 2.78 bits per heavy atom. The van der Waals surface area contributed by atoms with Crippen molar-refractivity contribution in [3.05, 3.63) is 63.4 Å². The molecule has 18 heavy (non-hydrogen) atoms. The fourth-order valence-electron chi connectivity index (χ4n) is 2.45. The van der Waals surface area contributed by atoms with E-state index in [-0.39, 0.29) is 5.82 Å². The molecule has 2 aromatic rings. The number of fused-ring (bicyclic) bond motifs is 2. The Morgan fingerprint density at radius 2 is 1.94 bits per heavy atom. The van der Waals surface area contributed by atoms with Crippen LogP contribution in [-0.2, 0) is 5.75 Å². The summed E-state index contributed by atoms with van der Waals surface area (Å²) in [4.78, 5) is 1.30. The van der Waals surface area contributed by atoms with E-state index in [2.05, 4.69) is 47.1 Å². The quantitative estimate of drug-likeness (QED) is 0.630. The SMILES string of the molecule is CC1c2ccccc2SCc2c1ccc(F)c2Br. The van der Waals surface area contributed by atoms with Crippen molar-refractivity contribution in [3.63, 3.8) is 0 Å². The van der Waals surface area contributed by atoms with Crippen LogP contribution in [0.3, 0.4) is 0 Å². The molecule has 0 saturated heterocycles. The average molecular weight is 323 g/mol. The van der Waals surface area contributed by atoms with E-state index >= 15 is 0 Å². The van der Waals surface area contributed by atoms with Crippen molar-refractivity contribution >= 4 is 27.7 Å². The Morgan fingerprint density at radius 1 is 1.17 bits per heavy atom. The van der Waals surface area contributed by atoms with E-state index in [4.69, 9.17) is 0 Å². The Labute approximate surface area is 119 Å². The van der Waals surface area contributed by atoms with Gasteiger partial charge in [-0.1, -0.05) is 31.2 Å². The molecule has 3 rings (SSSR count). The topological polar surface area (TPSA) is 0 Å². The second-order valence-corrected chi connectivity index (χ2v) is 6.29. The first-order chi connectivity index (χ1) is 8.68. The van der Waals surface area contributed by atoms with Gasteiger partial charge in [-0.15, -0.1) is 11.8 Å². The molecular weight excluding hydrogens is 311 g/mol. The summed E-state index contributed by atoms with van der Waals surface area (Å²) in [6.07, 6.45) is 0. The summed E-state index contributed by atoms with van der Waals surface area (Å²) >= 11 is 5.17. The molecule has 0 fully saturated rings. The van der Waals surface area contributed by atoms with Crippen molar-refractivity contribution in [2.45, 2.75) is 23.5 Å². The predicted molar refractivity (Wildman–Crippen MR) is 77.6 cm³/mol. The maximum absolute atomic E-state index is 13.6. The van der Waals surface area contributed by atoms with Gasteiger partial charge < -0.3 is 0 Å². The zero-order chi connectivity index (χ0) is 12.7. The number of benzene rings is 2. The summed E-state index contributed by atoms with van der Waals surface area (Å²) < 4.78 is 14.3. The summed E-state index contributed by atoms with van der Waals surface area (Å²) in [7, 11) is 0. The summed E-state index contributed by atoms with van der Waals surface area (Å²) in [6.45, 7) is 2.19. The second kappa shape index (κ2) is 4.71. The first kappa shape index (κ1) is 12.2. The normalized spacial score (nSPS) is 17.8. The van der Waals surface area contributed by atoms with Gasteiger partial charge in [-0.25, -0.2) is 4.39 Å². The molecule has 1 aliphatic heterocycles. The highest BCUT2D eigenvalue weighted by Gasteiger charge is 2.22. The van der Waals surface area contributed by atoms with Crippen molar-refractivity contribution in [2.75, 3.05) is 0 Å². The van der Waals surface area contributed by atoms with Gasteiger partial charge in [-0.05, 0) is 44.8 Å². The van der Waals surface area contributed by atoms with Crippen LogP contribution in [-0.4, -0.2) is 0 Å². The first-order valence-electron chi connectivity index (χ1n) is 5.87. The van der Waals surface area contributed by atoms with Crippen molar-refractivity contribution in [1.29, 1.82) is 0 Å². The van der Waals surface area contributed by atoms with E-state index < -0.39 is 0 Å². The maximum atomic E-state index is 13.6. The third-order valence-corrected chi connectivity index (χ3v) is 5.43. The zero-order valence-electron chi connectivity index (χ0n) is 9.91. The lowest BCUT2D eigenvalue weighted by atomic mass is 9.90. The Hall–Kier alpha value is -0.800. The number of hydrogen-bond acceptors (Lipinski definition) is 1. The van der Waals surface area contributed by atoms with E-state index in [1.807, 2.05) is 6.07 Å². The highest BCUT2D eigenvalue weighted by Crippen LogP contribution is 2.42. The second-order valence-electron chi connectivity index (χ2n) is 4.48. The van der Waals surface area contributed by atoms with E-state index in [9.17, 15) is 4.39 Å². The molecule has 1 heterocycles. The smallest absolute Gasteiger partial charge is 0.137 e. The number of hydrogen-bond donors (Lipinski definition) is 0. The van der Waals surface area contributed by atoms with Crippen LogP contribution < -0.4 is 0 Å². The van der Waals surface area contributed by atoms with Crippen molar-refractivity contribution < 1.29 is 4.39 Å². The largest absolute Gasteiger partial charge is 0.206 e. The van der Waals surface area contributed by atoms with Crippen LogP contribution in [0, 0.1) is 5.82 Å². The average Bonchev–Trinajstić information content (AvgIpc) is 2.53. The van der Waals surface area contributed by atoms with Crippen LogP contribution in [0.1, 0.15) is 29.5 Å². The number of halogens is 2. The monoisotopic (exact) mass is 322 g/mol. The number of rotatable bonds is 0. The standard InChI is InChI=1S/C15H12BrFS/c1-9-10-6-7-13(17)15(16)12(10)8-18-14-5-3-2-4-11(9)14/h2-7,9H,8H2,1H3. The molecule has 0 aromatic heterocycles. The third kappa shape index (κ3) is 1.90. The summed E-state index contributed by atoms with van der Waals surface area (Å²) in [5.41, 5.74) is 3.64. The molecule has 0 bridgehead atoms. The Balaban J connectivity index is 2.21. The minimum atomic E-state index is -0.174. The van der Waals surface area contributed by atoms with Gasteiger partial charge in [-0.2, -0.15) is 0 Å². The lowest BCUT2D eigenvalue weighted by Crippen LogP contribution is -2.00. The first-order valence-corrected chi connectivity index (χ1v) is 7.65. The van der Waals surface area contributed by atoms with Gasteiger partial charge in [0, 0.05) is 16.6 Å². The third-order valence-electron chi connectivity index (χ3n) is 3.46. The van der Waals surface area contributed by atoms with Gasteiger partial charge in [0.1, 0.15) is 5.82 Å². The van der Waals surface area contributed by atoms with Crippen molar-refractivity contribution in [1.82, 2.24) is 0 Å². The molecule has 1 atom stereocenters. The minimum absolute atomic E-state index is 0.174. The molecule has 2 aromatic carbocycles. The van der Waals surface area contributed by atoms with Crippen LogP contribution in [0.2, 0.25) is 0 Å². The highest BCUT2D eigenvalue weighted by molar-refractivity contribution is 9.10. The van der Waals surface area contributed by atoms with Gasteiger partial charge in [-0.3, -0.25) is 0 Å². The highest BCUT2D eigenvalue weighted by atomic mass is 79.9. The molecule has 0 spiro atoms. The fraction of sp³-hybridized carbons (Fsp3) is 0.200. The van der Waals surface area contributed by atoms with Crippen LogP contribution in [0.15, 0.2) is 45.8 Å². The van der Waals surface area contributed by atoms with E-state index in [1.165, 1.54) is 16.0 Å². The predicted octanol–water partition coefficient (Wildman–Crippen LogP) is 5.35. The molecule has 0 aliphatic carbocycles. The molecule has 1 aliphatic rings. The molecular formula is C15H12BrFS. The molecule has 92 valence electrons. The molecule has 0 nitrogen and oxygen atoms in total. The van der Waals surface area contributed by atoms with E-state index in [0.717, 1.165) is 11.3 Å². The molecule has 1 unspecified atom stereocenters. The Bertz CT molecular complexity index is 609. The molecule has 0 amide bonds. The van der Waals surface area contributed by atoms with E-state index in [1.54, 1.807) is 17.8 Å². The van der Waals surface area contributed by atoms with Gasteiger partial charge in [0.15, 0.2) is 0 Å². The van der Waals surface area contributed by atoms with Crippen LogP contribution in [0.5, 0.6) is 0 Å². The van der Waals surface area contributed by atoms with Gasteiger partial charge >= 0.3 is 0 Å². The molecule has 0 N–H and O–H groups in total. The Kier molecular flexibility index (Phi) is 3.20. The van der Waals surface area contributed by atoms with Crippen LogP contribution in [0.25, 0.3) is 0 Å². The van der Waals surface area contributed by atoms with Crippen LogP contribution >= 0.6 is 27.7 Å². The fourth-order valence-corrected chi connectivity index (χ4v) is 4.33. The lowest BCUT2D eigenvalue weighted by Gasteiger charge is -2.15. The molecule has 0 saturated carbocycles. The number of thioether (sulfide) groups is 1. The van der Waals surface area contributed by atoms with E-state index in [0.29, 0.717) is 10.4 Å². The van der Waals surface area contributed by atoms with Gasteiger partial charge in [0.2, 0.25) is 0 Å². The summed E-state index contributed by atoms with van der Waals surface area (Å²) in [5.74, 6) is 0.949. The summed E-state index contributed by atoms with van der Waals surface area (Å²) in [6, 6.07) is 11.9. The molecule has 3 heteroatoms. The van der Waals surface area contributed by atoms with Gasteiger partial charge in [0.25, 0.3) is 0 Å². The lowest BCUT2D eigenvalue weighted by molar-refractivity contribution is 0.617. The maximum Gasteiger partial charge on any atom is 0.137 e. The van der Waals surface area contributed by atoms with Crippen LogP contribution in [0.4, 0.5) is 4.39 Å². The van der Waals surface area contributed by atoms with Crippen molar-refractivity contribution in [3.8, 4) is 0 Å². The van der Waals surface area contributed by atoms with Gasteiger partial charge in [0.05, 0.1) is 4.47 Å². The minimum Gasteiger partial charge on any atom is -0.206 e.